The van der Waals surface area contributed by atoms with E-state index in [4.69, 9.17) is 21.1 Å². The molecule has 0 aromatic rings. The molecule has 0 saturated heterocycles. The third kappa shape index (κ3) is 23.1. The molecule has 0 aliphatic rings. The van der Waals surface area contributed by atoms with Crippen LogP contribution in [0.15, 0.2) is 0 Å². The molecular weight excluding hydrogens is 397 g/mol. The first-order valence-corrected chi connectivity index (χ1v) is 8.82. The van der Waals surface area contributed by atoms with Crippen LogP contribution < -0.4 is 16.8 Å². The van der Waals surface area contributed by atoms with Gasteiger partial charge in [0.1, 0.15) is 6.04 Å². The fourth-order valence-corrected chi connectivity index (χ4v) is 1.47. The summed E-state index contributed by atoms with van der Waals surface area (Å²) in [7, 11) is 0. The van der Waals surface area contributed by atoms with Crippen LogP contribution in [0.3, 0.4) is 0 Å². The molecule has 8 N–H and O–H groups in total. The van der Waals surface area contributed by atoms with Crippen molar-refractivity contribution >= 4 is 52.1 Å². The van der Waals surface area contributed by atoms with E-state index in [1.165, 1.54) is 0 Å². The van der Waals surface area contributed by atoms with Crippen molar-refractivity contribution in [2.45, 2.75) is 23.8 Å². The van der Waals surface area contributed by atoms with Crippen molar-refractivity contribution in [1.29, 1.82) is 0 Å². The van der Waals surface area contributed by atoms with Gasteiger partial charge in [0.15, 0.2) is 0 Å². The molecule has 0 fully saturated rings. The van der Waals surface area contributed by atoms with E-state index in [0.717, 1.165) is 5.75 Å². The van der Waals surface area contributed by atoms with Gasteiger partial charge in [-0.05, 0) is 18.4 Å². The fraction of sp³-hybridized carbons (Fsp3) is 0.636. The van der Waals surface area contributed by atoms with Gasteiger partial charge in [-0.2, -0.15) is 11.8 Å². The van der Waals surface area contributed by atoms with E-state index in [1.54, 1.807) is 11.8 Å². The molecule has 0 bridgehead atoms. The van der Waals surface area contributed by atoms with Crippen LogP contribution >= 0.6 is 11.8 Å². The number of carbonyl (C=O) groups is 4. The van der Waals surface area contributed by atoms with Gasteiger partial charge in [-0.15, -0.1) is 0 Å². The van der Waals surface area contributed by atoms with E-state index in [0.29, 0.717) is 18.2 Å². The quantitative estimate of drug-likeness (QED) is 0.174. The van der Waals surface area contributed by atoms with Crippen LogP contribution in [-0.4, -0.2) is 86.3 Å². The maximum atomic E-state index is 10.4. The topological polar surface area (TPSA) is 193 Å². The number of rotatable bonds is 9. The normalized spacial score (nSPS) is 11.5. The number of hydrogen-bond acceptors (Lipinski definition) is 7. The van der Waals surface area contributed by atoms with E-state index < -0.39 is 30.0 Å². The van der Waals surface area contributed by atoms with Gasteiger partial charge in [-0.1, -0.05) is 0 Å². The number of carboxylic acids is 3. The van der Waals surface area contributed by atoms with Gasteiger partial charge in [0.25, 0.3) is 0 Å². The summed E-state index contributed by atoms with van der Waals surface area (Å²) in [6.45, 7) is -0.278. The molecule has 0 aromatic heterocycles. The molecular formula is C11H23N3O7SSe. The summed E-state index contributed by atoms with van der Waals surface area (Å²) < 4.78 is 0. The molecule has 0 rings (SSSR count). The van der Waals surface area contributed by atoms with E-state index in [-0.39, 0.29) is 6.54 Å². The summed E-state index contributed by atoms with van der Waals surface area (Å²) >= 11 is 3.68. The summed E-state index contributed by atoms with van der Waals surface area (Å²) in [6.07, 6.45) is 2.77. The zero-order chi connectivity index (χ0) is 18.8. The summed E-state index contributed by atoms with van der Waals surface area (Å²) in [5, 5.41) is 26.8. The zero-order valence-corrected chi connectivity index (χ0v) is 15.2. The van der Waals surface area contributed by atoms with Crippen LogP contribution in [-0.2, 0) is 19.2 Å². The first-order chi connectivity index (χ1) is 10.7. The molecule has 0 unspecified atom stereocenters. The third-order valence-corrected chi connectivity index (χ3v) is 3.34. The number of nitrogens with one attached hydrogen (secondary N) is 1. The number of amides is 1. The van der Waals surface area contributed by atoms with Crippen LogP contribution in [0.5, 0.6) is 0 Å². The average molecular weight is 420 g/mol. The van der Waals surface area contributed by atoms with E-state index in [1.807, 2.05) is 6.26 Å². The molecule has 0 radical (unpaired) electrons. The van der Waals surface area contributed by atoms with E-state index in [9.17, 15) is 19.2 Å². The van der Waals surface area contributed by atoms with E-state index in [2.05, 4.69) is 27.1 Å². The maximum absolute atomic E-state index is 10.4. The number of carboxylic acid groups (broad SMARTS) is 3. The molecule has 23 heavy (non-hydrogen) atoms. The number of aliphatic carboxylic acids is 3. The third-order valence-electron chi connectivity index (χ3n) is 1.87. The minimum absolute atomic E-state index is 0.278. The summed E-state index contributed by atoms with van der Waals surface area (Å²) in [5.74, 6) is -2.16. The summed E-state index contributed by atoms with van der Waals surface area (Å²) in [6, 6.07) is -1.44. The van der Waals surface area contributed by atoms with Gasteiger partial charge < -0.3 is 21.3 Å². The van der Waals surface area contributed by atoms with Crippen molar-refractivity contribution in [3.05, 3.63) is 0 Å². The fourth-order valence-electron chi connectivity index (χ4n) is 0.674. The number of carbonyl (C=O) groups excluding carboxylic acids is 1. The molecule has 0 aliphatic heterocycles. The first kappa shape index (κ1) is 26.6. The Morgan fingerprint density at radius 2 is 1.74 bits per heavy atom. The zero-order valence-electron chi connectivity index (χ0n) is 12.5. The molecule has 10 nitrogen and oxygen atoms in total. The van der Waals surface area contributed by atoms with Gasteiger partial charge in [0, 0.05) is 0 Å². The molecule has 12 heteroatoms. The number of hydrogen-bond donors (Lipinski definition) is 6. The summed E-state index contributed by atoms with van der Waals surface area (Å²) in [5.41, 5.74) is 9.57. The number of nitrogens with two attached hydrogens (primary N) is 2. The van der Waals surface area contributed by atoms with Gasteiger partial charge in [-0.3, -0.25) is 9.59 Å². The number of thioether (sulfide) groups is 1. The van der Waals surface area contributed by atoms with Gasteiger partial charge in [0.2, 0.25) is 6.41 Å². The Morgan fingerprint density at radius 3 is 1.91 bits per heavy atom. The van der Waals surface area contributed by atoms with Crippen molar-refractivity contribution in [1.82, 2.24) is 5.32 Å². The van der Waals surface area contributed by atoms with Crippen LogP contribution in [0.1, 0.15) is 6.42 Å². The van der Waals surface area contributed by atoms with Crippen molar-refractivity contribution in [3.8, 4) is 0 Å². The van der Waals surface area contributed by atoms with Gasteiger partial charge >= 0.3 is 60.9 Å². The minimum atomic E-state index is -0.980. The average Bonchev–Trinajstić information content (AvgIpc) is 2.51. The standard InChI is InChI=1S/C6H11NO3S.C3H7NO2Se.C2H5NO2/c1-11-3-2-5(6(9)10)7-4-8;4-2(1-7)3(5)6;3-1-2(4)5/h4-5H,2-3H2,1H3,(H,7,8)(H,9,10);2,7H,1,4H2,(H,5,6);1,3H2,(H,4,5)/t5-;2-;/m00./s1. The van der Waals surface area contributed by atoms with E-state index >= 15 is 0 Å². The second-order valence-electron chi connectivity index (χ2n) is 3.68. The Bertz CT molecular complexity index is 361. The molecule has 136 valence electrons. The second-order valence-corrected chi connectivity index (χ2v) is 5.43. The Kier molecular flexibility index (Phi) is 21.6. The van der Waals surface area contributed by atoms with Crippen LogP contribution in [0, 0.1) is 0 Å². The molecule has 0 aliphatic carbocycles. The predicted octanol–water partition coefficient (Wildman–Crippen LogP) is -2.31. The van der Waals surface area contributed by atoms with Crippen LogP contribution in [0.25, 0.3) is 0 Å². The Morgan fingerprint density at radius 1 is 1.26 bits per heavy atom. The van der Waals surface area contributed by atoms with Crippen molar-refractivity contribution in [2.24, 2.45) is 11.5 Å². The monoisotopic (exact) mass is 421 g/mol. The molecule has 2 atom stereocenters. The molecule has 0 saturated carbocycles. The molecule has 1 amide bonds. The summed E-state index contributed by atoms with van der Waals surface area (Å²) in [4.78, 5) is 39.3. The SMILES string of the molecule is CSCC[C@H](NC=O)C(=O)O.NCC(=O)O.N[C@@H](C[SeH])C(=O)O. The van der Waals surface area contributed by atoms with Crippen molar-refractivity contribution in [3.63, 3.8) is 0 Å². The van der Waals surface area contributed by atoms with Crippen LogP contribution in [0.2, 0.25) is 5.32 Å². The Balaban J connectivity index is -0.000000286. The van der Waals surface area contributed by atoms with Crippen LogP contribution in [0.4, 0.5) is 0 Å². The Hall–Kier alpha value is -1.33. The first-order valence-electron chi connectivity index (χ1n) is 6.10. The molecule has 0 aromatic carbocycles. The van der Waals surface area contributed by atoms with Gasteiger partial charge in [-0.25, -0.2) is 4.79 Å². The second kappa shape index (κ2) is 18.7. The molecule has 0 heterocycles. The van der Waals surface area contributed by atoms with Crippen molar-refractivity contribution < 1.29 is 34.5 Å². The van der Waals surface area contributed by atoms with Gasteiger partial charge in [0.05, 0.1) is 6.54 Å². The Labute approximate surface area is 146 Å². The van der Waals surface area contributed by atoms with Crippen molar-refractivity contribution in [2.75, 3.05) is 18.6 Å². The molecule has 0 spiro atoms. The predicted molar refractivity (Wildman–Crippen MR) is 87.9 cm³/mol.